The molecule has 2 unspecified atom stereocenters. The number of fused-ring (bicyclic) bond motifs is 5. The Kier molecular flexibility index (Phi) is 7.63. The molecule has 0 aliphatic heterocycles. The van der Waals surface area contributed by atoms with Crippen molar-refractivity contribution < 1.29 is 4.79 Å². The van der Waals surface area contributed by atoms with Gasteiger partial charge in [-0.3, -0.25) is 4.79 Å². The number of rotatable bonds is 7. The molecule has 4 aliphatic rings. The van der Waals surface area contributed by atoms with Gasteiger partial charge in [-0.25, -0.2) is 0 Å². The van der Waals surface area contributed by atoms with E-state index in [1.54, 1.807) is 6.92 Å². The largest absolute Gasteiger partial charge is 0.340 e. The van der Waals surface area contributed by atoms with Crippen LogP contribution in [0.4, 0.5) is 0 Å². The van der Waals surface area contributed by atoms with Gasteiger partial charge in [0.2, 0.25) is 5.91 Å². The van der Waals surface area contributed by atoms with E-state index < -0.39 is 0 Å². The lowest BCUT2D eigenvalue weighted by atomic mass is 9.44. The maximum atomic E-state index is 12.2. The minimum absolute atomic E-state index is 0.285. The van der Waals surface area contributed by atoms with Crippen molar-refractivity contribution in [3.05, 3.63) is 0 Å². The van der Waals surface area contributed by atoms with Crippen LogP contribution in [0.15, 0.2) is 0 Å². The molecule has 4 rings (SSSR count). The van der Waals surface area contributed by atoms with Gasteiger partial charge in [0.1, 0.15) is 0 Å². The quantitative estimate of drug-likeness (QED) is 0.376. The van der Waals surface area contributed by atoms with Crippen molar-refractivity contribution in [3.8, 4) is 0 Å². The van der Waals surface area contributed by atoms with Gasteiger partial charge in [0.15, 0.2) is 0 Å². The summed E-state index contributed by atoms with van der Waals surface area (Å²) in [6.45, 7) is 17.6. The van der Waals surface area contributed by atoms with Crippen LogP contribution in [-0.2, 0) is 4.79 Å². The van der Waals surface area contributed by atoms with Crippen molar-refractivity contribution in [2.24, 2.45) is 52.3 Å². The van der Waals surface area contributed by atoms with E-state index in [0.717, 1.165) is 48.0 Å². The van der Waals surface area contributed by atoms with Crippen LogP contribution in [0, 0.1) is 52.3 Å². The SMILES string of the molecule is CCN(C(C)=O)C1CC[C@@]2(C)C(CC[C@H]3[C@@H]4CC[C@H]([C@H](C)CCCC(C)C)[C@@]4(C)CC[C@@H]32)C1. The summed E-state index contributed by atoms with van der Waals surface area (Å²) in [5.41, 5.74) is 1.13. The van der Waals surface area contributed by atoms with E-state index in [-0.39, 0.29) is 5.91 Å². The van der Waals surface area contributed by atoms with Crippen LogP contribution in [0.3, 0.4) is 0 Å². The van der Waals surface area contributed by atoms with Crippen LogP contribution in [0.25, 0.3) is 0 Å². The van der Waals surface area contributed by atoms with Crippen LogP contribution < -0.4 is 0 Å². The maximum Gasteiger partial charge on any atom is 0.219 e. The van der Waals surface area contributed by atoms with Crippen LogP contribution in [0.1, 0.15) is 126 Å². The second-order valence-electron chi connectivity index (χ2n) is 13.9. The topological polar surface area (TPSA) is 20.3 Å². The molecule has 0 heterocycles. The van der Waals surface area contributed by atoms with Crippen molar-refractivity contribution in [2.75, 3.05) is 6.54 Å². The summed E-state index contributed by atoms with van der Waals surface area (Å²) in [6.07, 6.45) is 17.0. The molecular formula is C31H55NO. The molecule has 0 bridgehead atoms. The van der Waals surface area contributed by atoms with Crippen molar-refractivity contribution in [3.63, 3.8) is 0 Å². The highest BCUT2D eigenvalue weighted by molar-refractivity contribution is 5.73. The summed E-state index contributed by atoms with van der Waals surface area (Å²) in [6, 6.07) is 0.499. The minimum Gasteiger partial charge on any atom is -0.340 e. The van der Waals surface area contributed by atoms with Crippen molar-refractivity contribution in [1.29, 1.82) is 0 Å². The molecule has 33 heavy (non-hydrogen) atoms. The molecule has 2 heteroatoms. The third-order valence-electron chi connectivity index (χ3n) is 12.0. The van der Waals surface area contributed by atoms with Crippen molar-refractivity contribution >= 4 is 5.91 Å². The van der Waals surface area contributed by atoms with Crippen LogP contribution in [-0.4, -0.2) is 23.4 Å². The van der Waals surface area contributed by atoms with E-state index in [9.17, 15) is 4.79 Å². The van der Waals surface area contributed by atoms with E-state index >= 15 is 0 Å². The van der Waals surface area contributed by atoms with Gasteiger partial charge in [0, 0.05) is 19.5 Å². The number of carbonyl (C=O) groups is 1. The van der Waals surface area contributed by atoms with Gasteiger partial charge in [-0.2, -0.15) is 0 Å². The minimum atomic E-state index is 0.285. The van der Waals surface area contributed by atoms with Gasteiger partial charge in [0.05, 0.1) is 0 Å². The average molecular weight is 458 g/mol. The van der Waals surface area contributed by atoms with Crippen molar-refractivity contribution in [1.82, 2.24) is 4.90 Å². The first kappa shape index (κ1) is 25.6. The number of carbonyl (C=O) groups excluding carboxylic acids is 1. The zero-order valence-corrected chi connectivity index (χ0v) is 23.2. The Morgan fingerprint density at radius 1 is 0.909 bits per heavy atom. The van der Waals surface area contributed by atoms with Gasteiger partial charge < -0.3 is 4.90 Å². The fourth-order valence-electron chi connectivity index (χ4n) is 10.3. The molecule has 0 radical (unpaired) electrons. The van der Waals surface area contributed by atoms with E-state index in [2.05, 4.69) is 46.4 Å². The van der Waals surface area contributed by atoms with Crippen LogP contribution >= 0.6 is 0 Å². The Morgan fingerprint density at radius 2 is 1.61 bits per heavy atom. The first-order valence-corrected chi connectivity index (χ1v) is 14.9. The summed E-state index contributed by atoms with van der Waals surface area (Å²) in [4.78, 5) is 14.4. The Labute approximate surface area is 206 Å². The predicted octanol–water partition coefficient (Wildman–Crippen LogP) is 8.34. The molecule has 0 aromatic carbocycles. The summed E-state index contributed by atoms with van der Waals surface area (Å²) in [5.74, 6) is 6.74. The van der Waals surface area contributed by atoms with Crippen LogP contribution in [0.5, 0.6) is 0 Å². The fourth-order valence-corrected chi connectivity index (χ4v) is 10.3. The second kappa shape index (κ2) is 9.85. The maximum absolute atomic E-state index is 12.2. The molecule has 0 aromatic heterocycles. The van der Waals surface area contributed by atoms with Crippen molar-refractivity contribution in [2.45, 2.75) is 132 Å². The lowest BCUT2D eigenvalue weighted by molar-refractivity contribution is -0.141. The molecular weight excluding hydrogens is 402 g/mol. The highest BCUT2D eigenvalue weighted by Gasteiger charge is 2.60. The number of hydrogen-bond donors (Lipinski definition) is 0. The van der Waals surface area contributed by atoms with E-state index in [1.165, 1.54) is 77.0 Å². The average Bonchev–Trinajstić information content (AvgIpc) is 3.11. The summed E-state index contributed by atoms with van der Waals surface area (Å²) >= 11 is 0. The Morgan fingerprint density at radius 3 is 2.27 bits per heavy atom. The molecule has 4 fully saturated rings. The number of hydrogen-bond acceptors (Lipinski definition) is 1. The zero-order chi connectivity index (χ0) is 24.0. The normalized spacial score (nSPS) is 43.5. The van der Waals surface area contributed by atoms with E-state index in [4.69, 9.17) is 0 Å². The number of amides is 1. The predicted molar refractivity (Wildman–Crippen MR) is 140 cm³/mol. The molecule has 0 saturated heterocycles. The molecule has 2 nitrogen and oxygen atoms in total. The van der Waals surface area contributed by atoms with E-state index in [0.29, 0.717) is 16.9 Å². The van der Waals surface area contributed by atoms with Gasteiger partial charge in [-0.15, -0.1) is 0 Å². The van der Waals surface area contributed by atoms with Gasteiger partial charge in [-0.05, 0) is 117 Å². The van der Waals surface area contributed by atoms with Gasteiger partial charge in [0.25, 0.3) is 0 Å². The third kappa shape index (κ3) is 4.55. The first-order chi connectivity index (χ1) is 15.6. The molecule has 0 N–H and O–H groups in total. The van der Waals surface area contributed by atoms with E-state index in [1.807, 2.05) is 0 Å². The van der Waals surface area contributed by atoms with Crippen LogP contribution in [0.2, 0.25) is 0 Å². The Hall–Kier alpha value is -0.530. The molecule has 1 amide bonds. The molecule has 4 saturated carbocycles. The summed E-state index contributed by atoms with van der Waals surface area (Å²) in [5, 5.41) is 0. The van der Waals surface area contributed by atoms with Gasteiger partial charge >= 0.3 is 0 Å². The second-order valence-corrected chi connectivity index (χ2v) is 13.9. The fraction of sp³-hybridized carbons (Fsp3) is 0.968. The highest BCUT2D eigenvalue weighted by atomic mass is 16.2. The molecule has 190 valence electrons. The Balaban J connectivity index is 1.44. The Bertz CT molecular complexity index is 686. The standard InChI is InChI=1S/C31H55NO/c1-8-32(23(5)33)25-16-18-30(6)24(20-25)12-13-26-28-15-14-27(22(4)11-9-10-21(2)3)31(28,7)19-17-29(26)30/h21-22,24-29H,8-20H2,1-7H3/t22-,24?,25?,26+,27-,28+,29+,30+,31-/m1/s1. The lowest BCUT2D eigenvalue weighted by Gasteiger charge is -2.62. The van der Waals surface area contributed by atoms with Gasteiger partial charge in [-0.1, -0.05) is 53.9 Å². The summed E-state index contributed by atoms with van der Waals surface area (Å²) < 4.78 is 0. The highest BCUT2D eigenvalue weighted by Crippen LogP contribution is 2.68. The summed E-state index contributed by atoms with van der Waals surface area (Å²) in [7, 11) is 0. The number of nitrogens with zero attached hydrogens (tertiary/aromatic N) is 1. The smallest absolute Gasteiger partial charge is 0.219 e. The molecule has 0 aromatic rings. The monoisotopic (exact) mass is 457 g/mol. The lowest BCUT2D eigenvalue weighted by Crippen LogP contribution is -2.56. The first-order valence-electron chi connectivity index (χ1n) is 14.9. The zero-order valence-electron chi connectivity index (χ0n) is 23.2. The molecule has 0 spiro atoms. The third-order valence-corrected chi connectivity index (χ3v) is 12.0. The molecule has 9 atom stereocenters. The molecule has 4 aliphatic carbocycles.